The van der Waals surface area contributed by atoms with Gasteiger partial charge < -0.3 is 5.73 Å². The molecule has 0 aliphatic heterocycles. The molecule has 0 atom stereocenters. The molecule has 0 aliphatic rings. The average molecular weight is 316 g/mol. The molecule has 0 saturated heterocycles. The fourth-order valence-corrected chi connectivity index (χ4v) is 3.85. The molecule has 0 amide bonds. The summed E-state index contributed by atoms with van der Waals surface area (Å²) in [7, 11) is -3.56. The summed E-state index contributed by atoms with van der Waals surface area (Å²) < 4.78 is 24.6. The van der Waals surface area contributed by atoms with Gasteiger partial charge in [0.1, 0.15) is 0 Å². The van der Waals surface area contributed by atoms with Crippen molar-refractivity contribution in [1.29, 1.82) is 0 Å². The van der Waals surface area contributed by atoms with Crippen LogP contribution in [0, 0.1) is 0 Å². The first-order chi connectivity index (χ1) is 8.88. The van der Waals surface area contributed by atoms with Crippen LogP contribution in [0.3, 0.4) is 0 Å². The van der Waals surface area contributed by atoms with Crippen molar-refractivity contribution in [1.82, 2.24) is 0 Å². The number of benzene rings is 2. The number of hydrogen-bond donors (Lipinski definition) is 1. The van der Waals surface area contributed by atoms with Gasteiger partial charge in [-0.2, -0.15) is 0 Å². The molecule has 0 aromatic heterocycles. The highest BCUT2D eigenvalue weighted by atomic mass is 35.5. The van der Waals surface area contributed by atoms with E-state index in [0.29, 0.717) is 16.3 Å². The first kappa shape index (κ1) is 14.2. The molecule has 0 fully saturated rings. The second-order valence-corrected chi connectivity index (χ2v) is 6.88. The lowest BCUT2D eigenvalue weighted by molar-refractivity contribution is 0.595. The number of hydrogen-bond acceptors (Lipinski definition) is 3. The van der Waals surface area contributed by atoms with Crippen molar-refractivity contribution in [2.75, 3.05) is 5.73 Å². The molecule has 19 heavy (non-hydrogen) atoms. The normalized spacial score (nSPS) is 11.5. The Hall–Kier alpha value is -1.23. The van der Waals surface area contributed by atoms with Crippen LogP contribution in [0.15, 0.2) is 47.4 Å². The molecule has 6 heteroatoms. The van der Waals surface area contributed by atoms with Gasteiger partial charge >= 0.3 is 0 Å². The van der Waals surface area contributed by atoms with Crippen LogP contribution in [0.4, 0.5) is 5.69 Å². The highest BCUT2D eigenvalue weighted by Crippen LogP contribution is 2.27. The van der Waals surface area contributed by atoms with Gasteiger partial charge in [-0.3, -0.25) is 0 Å². The van der Waals surface area contributed by atoms with E-state index in [0.717, 1.165) is 0 Å². The summed E-state index contributed by atoms with van der Waals surface area (Å²) in [6.45, 7) is 0. The maximum Gasteiger partial charge on any atom is 0.184 e. The quantitative estimate of drug-likeness (QED) is 0.881. The van der Waals surface area contributed by atoms with Gasteiger partial charge in [-0.25, -0.2) is 8.42 Å². The van der Waals surface area contributed by atoms with Crippen LogP contribution in [0.25, 0.3) is 0 Å². The maximum absolute atomic E-state index is 12.3. The van der Waals surface area contributed by atoms with E-state index in [-0.39, 0.29) is 15.7 Å². The van der Waals surface area contributed by atoms with Crippen LogP contribution in [0.5, 0.6) is 0 Å². The number of anilines is 1. The number of nitrogens with two attached hydrogens (primary N) is 1. The highest BCUT2D eigenvalue weighted by molar-refractivity contribution is 7.90. The summed E-state index contributed by atoms with van der Waals surface area (Å²) in [5, 5.41) is 0.490. The van der Waals surface area contributed by atoms with Crippen molar-refractivity contribution in [3.05, 3.63) is 58.1 Å². The van der Waals surface area contributed by atoms with Crippen molar-refractivity contribution in [2.24, 2.45) is 0 Å². The maximum atomic E-state index is 12.3. The third-order valence-electron chi connectivity index (χ3n) is 2.54. The second kappa shape index (κ2) is 5.41. The Kier molecular flexibility index (Phi) is 4.04. The highest BCUT2D eigenvalue weighted by Gasteiger charge is 2.19. The zero-order valence-corrected chi connectivity index (χ0v) is 12.1. The largest absolute Gasteiger partial charge is 0.399 e. The van der Waals surface area contributed by atoms with Gasteiger partial charge in [-0.05, 0) is 35.9 Å². The fourth-order valence-electron chi connectivity index (χ4n) is 1.70. The van der Waals surface area contributed by atoms with E-state index in [9.17, 15) is 8.42 Å². The van der Waals surface area contributed by atoms with Gasteiger partial charge in [0.15, 0.2) is 9.84 Å². The van der Waals surface area contributed by atoms with Crippen LogP contribution in [0.1, 0.15) is 5.56 Å². The Labute approximate surface area is 121 Å². The molecular formula is C13H11Cl2NO2S. The summed E-state index contributed by atoms with van der Waals surface area (Å²) in [4.78, 5) is 0.0316. The number of nitrogen functional groups attached to an aromatic ring is 1. The molecule has 0 unspecified atom stereocenters. The topological polar surface area (TPSA) is 60.2 Å². The molecular weight excluding hydrogens is 305 g/mol. The monoisotopic (exact) mass is 315 g/mol. The average Bonchev–Trinajstić information content (AvgIpc) is 2.31. The summed E-state index contributed by atoms with van der Waals surface area (Å²) >= 11 is 11.7. The van der Waals surface area contributed by atoms with Gasteiger partial charge in [-0.1, -0.05) is 35.3 Å². The zero-order valence-electron chi connectivity index (χ0n) is 9.81. The van der Waals surface area contributed by atoms with Crippen molar-refractivity contribution < 1.29 is 8.42 Å². The minimum absolute atomic E-state index is 0.0316. The first-order valence-electron chi connectivity index (χ1n) is 5.41. The van der Waals surface area contributed by atoms with E-state index in [4.69, 9.17) is 28.9 Å². The third-order valence-corrected chi connectivity index (χ3v) is 4.93. The SMILES string of the molecule is Nc1cccc(CS(=O)(=O)c2cc(Cl)ccc2Cl)c1. The lowest BCUT2D eigenvalue weighted by Gasteiger charge is -2.07. The standard InChI is InChI=1S/C13H11Cl2NO2S/c14-10-4-5-12(15)13(7-10)19(17,18)8-9-2-1-3-11(16)6-9/h1-7H,8,16H2. The van der Waals surface area contributed by atoms with Crippen molar-refractivity contribution in [3.8, 4) is 0 Å². The molecule has 2 rings (SSSR count). The van der Waals surface area contributed by atoms with Crippen LogP contribution >= 0.6 is 23.2 Å². The summed E-state index contributed by atoms with van der Waals surface area (Å²) in [6, 6.07) is 11.1. The number of halogens is 2. The zero-order chi connectivity index (χ0) is 14.0. The molecule has 0 heterocycles. The summed E-state index contributed by atoms with van der Waals surface area (Å²) in [5.41, 5.74) is 6.75. The predicted octanol–water partition coefficient (Wildman–Crippen LogP) is 3.55. The number of rotatable bonds is 3. The minimum atomic E-state index is -3.56. The van der Waals surface area contributed by atoms with E-state index in [1.54, 1.807) is 30.3 Å². The summed E-state index contributed by atoms with van der Waals surface area (Å²) in [5.74, 6) is -0.169. The van der Waals surface area contributed by atoms with Crippen LogP contribution in [0.2, 0.25) is 10.0 Å². The van der Waals surface area contributed by atoms with Crippen LogP contribution in [-0.4, -0.2) is 8.42 Å². The van der Waals surface area contributed by atoms with E-state index in [2.05, 4.69) is 0 Å². The molecule has 3 nitrogen and oxygen atoms in total. The Morgan fingerprint density at radius 2 is 1.79 bits per heavy atom. The molecule has 100 valence electrons. The Balaban J connectivity index is 2.40. The van der Waals surface area contributed by atoms with E-state index >= 15 is 0 Å². The third kappa shape index (κ3) is 3.41. The molecule has 2 N–H and O–H groups in total. The Morgan fingerprint density at radius 1 is 1.05 bits per heavy atom. The van der Waals surface area contributed by atoms with Gasteiger partial charge in [0.2, 0.25) is 0 Å². The lowest BCUT2D eigenvalue weighted by Crippen LogP contribution is -2.06. The smallest absolute Gasteiger partial charge is 0.184 e. The minimum Gasteiger partial charge on any atom is -0.399 e. The molecule has 0 spiro atoms. The Bertz CT molecular complexity index is 714. The molecule has 0 saturated carbocycles. The molecule has 0 aliphatic carbocycles. The van der Waals surface area contributed by atoms with Crippen molar-refractivity contribution in [3.63, 3.8) is 0 Å². The van der Waals surface area contributed by atoms with Crippen LogP contribution < -0.4 is 5.73 Å². The van der Waals surface area contributed by atoms with Crippen molar-refractivity contribution in [2.45, 2.75) is 10.6 Å². The van der Waals surface area contributed by atoms with E-state index in [1.807, 2.05) is 0 Å². The van der Waals surface area contributed by atoms with E-state index < -0.39 is 9.84 Å². The second-order valence-electron chi connectivity index (χ2n) is 4.08. The molecule has 0 bridgehead atoms. The van der Waals surface area contributed by atoms with Crippen molar-refractivity contribution >= 4 is 38.7 Å². The summed E-state index contributed by atoms with van der Waals surface area (Å²) in [6.07, 6.45) is 0. The first-order valence-corrected chi connectivity index (χ1v) is 7.81. The molecule has 2 aromatic carbocycles. The van der Waals surface area contributed by atoms with Gasteiger partial charge in [0.05, 0.1) is 15.7 Å². The number of sulfone groups is 1. The molecule has 0 radical (unpaired) electrons. The fraction of sp³-hybridized carbons (Fsp3) is 0.0769. The Morgan fingerprint density at radius 3 is 2.47 bits per heavy atom. The van der Waals surface area contributed by atoms with Crippen LogP contribution in [-0.2, 0) is 15.6 Å². The van der Waals surface area contributed by atoms with Gasteiger partial charge in [0.25, 0.3) is 0 Å². The van der Waals surface area contributed by atoms with E-state index in [1.165, 1.54) is 12.1 Å². The lowest BCUT2D eigenvalue weighted by atomic mass is 10.2. The predicted molar refractivity (Wildman–Crippen MR) is 78.2 cm³/mol. The molecule has 2 aromatic rings. The van der Waals surface area contributed by atoms with Gasteiger partial charge in [0, 0.05) is 10.7 Å². The van der Waals surface area contributed by atoms with Gasteiger partial charge in [-0.15, -0.1) is 0 Å².